The van der Waals surface area contributed by atoms with Crippen molar-refractivity contribution >= 4 is 35.6 Å². The van der Waals surface area contributed by atoms with Crippen LogP contribution in [-0.4, -0.2) is 69.6 Å². The van der Waals surface area contributed by atoms with Gasteiger partial charge in [-0.1, -0.05) is 45.0 Å². The van der Waals surface area contributed by atoms with Gasteiger partial charge in [0.1, 0.15) is 22.5 Å². The van der Waals surface area contributed by atoms with E-state index >= 15 is 0 Å². The maximum absolute atomic E-state index is 13.2. The molecule has 0 saturated carbocycles. The van der Waals surface area contributed by atoms with Gasteiger partial charge in [0.2, 0.25) is 15.7 Å². The van der Waals surface area contributed by atoms with Gasteiger partial charge in [-0.2, -0.15) is 0 Å². The monoisotopic (exact) mass is 682 g/mol. The van der Waals surface area contributed by atoms with E-state index in [-0.39, 0.29) is 27.9 Å². The third kappa shape index (κ3) is 8.85. The van der Waals surface area contributed by atoms with E-state index in [1.54, 1.807) is 42.5 Å². The number of hydrogen-bond donors (Lipinski definition) is 2. The van der Waals surface area contributed by atoms with Gasteiger partial charge in [0.25, 0.3) is 0 Å². The largest absolute Gasteiger partial charge is 0.505 e. The van der Waals surface area contributed by atoms with Gasteiger partial charge in [0.15, 0.2) is 0 Å². The van der Waals surface area contributed by atoms with Crippen LogP contribution in [0.3, 0.4) is 0 Å². The van der Waals surface area contributed by atoms with Gasteiger partial charge < -0.3 is 23.7 Å². The molecule has 0 saturated heterocycles. The number of hydrogen-bond acceptors (Lipinski definition) is 9. The molecule has 2 N–H and O–H groups in total. The number of benzene rings is 3. The number of aromatic nitrogens is 3. The normalized spacial score (nSPS) is 12.5. The van der Waals surface area contributed by atoms with Gasteiger partial charge >= 0.3 is 8.80 Å². The molecule has 13 heteroatoms. The van der Waals surface area contributed by atoms with Crippen LogP contribution < -0.4 is 5.32 Å². The molecule has 254 valence electrons. The van der Waals surface area contributed by atoms with Crippen LogP contribution in [0.25, 0.3) is 16.7 Å². The lowest BCUT2D eigenvalue weighted by Gasteiger charge is -2.28. The van der Waals surface area contributed by atoms with Gasteiger partial charge in [0, 0.05) is 44.4 Å². The summed E-state index contributed by atoms with van der Waals surface area (Å²) in [5.41, 5.74) is 2.29. The number of fused-ring (bicyclic) bond motifs is 1. The Morgan fingerprint density at radius 3 is 2.15 bits per heavy atom. The van der Waals surface area contributed by atoms with Gasteiger partial charge in [0.05, 0.1) is 9.79 Å². The molecule has 0 aliphatic heterocycles. The van der Waals surface area contributed by atoms with Crippen LogP contribution in [0.5, 0.6) is 5.75 Å². The Balaban J connectivity index is 1.51. The number of sulfone groups is 1. The Kier molecular flexibility index (Phi) is 12.0. The summed E-state index contributed by atoms with van der Waals surface area (Å²) in [7, 11) is -6.51. The molecule has 0 spiro atoms. The topological polar surface area (TPSA) is 142 Å². The van der Waals surface area contributed by atoms with Crippen molar-refractivity contribution in [2.75, 3.05) is 26.4 Å². The van der Waals surface area contributed by atoms with Crippen molar-refractivity contribution in [1.82, 2.24) is 20.3 Å². The fourth-order valence-corrected chi connectivity index (χ4v) is 9.24. The quantitative estimate of drug-likeness (QED) is 0.112. The molecule has 0 atom stereocenters. The highest BCUT2D eigenvalue weighted by atomic mass is 32.2. The molecular formula is C34H46N4O7SSi. The van der Waals surface area contributed by atoms with E-state index in [0.29, 0.717) is 67.5 Å². The van der Waals surface area contributed by atoms with E-state index in [1.807, 2.05) is 47.6 Å². The number of phenolic OH excluding ortho intramolecular Hbond substituents is 1. The van der Waals surface area contributed by atoms with E-state index in [0.717, 1.165) is 5.56 Å². The van der Waals surface area contributed by atoms with Crippen molar-refractivity contribution in [3.63, 3.8) is 0 Å². The summed E-state index contributed by atoms with van der Waals surface area (Å²) in [5, 5.41) is 23.5. The molecule has 0 aliphatic rings. The van der Waals surface area contributed by atoms with E-state index in [4.69, 9.17) is 13.3 Å². The predicted octanol–water partition coefficient (Wildman–Crippen LogP) is 5.74. The standard InChI is InChI=1S/C34H46N4O7SSi/c1-7-43-47(44-8-2,45-9-3)21-13-20-35-32(39)19-16-25-22-28(34(4,5)6)33(40)31(23-25)38-36-29-18-17-27(24-30(29)37-38)46(41,42)26-14-11-10-12-15-26/h10-12,14-15,17-18,22-24,40H,7-9,13,16,19-21H2,1-6H3,(H,35,39). The van der Waals surface area contributed by atoms with Crippen molar-refractivity contribution in [2.24, 2.45) is 0 Å². The minimum absolute atomic E-state index is 0.0219. The molecule has 4 rings (SSSR count). The lowest BCUT2D eigenvalue weighted by Crippen LogP contribution is -2.46. The second kappa shape index (κ2) is 15.5. The van der Waals surface area contributed by atoms with Crippen LogP contribution >= 0.6 is 0 Å². The summed E-state index contributed by atoms with van der Waals surface area (Å²) in [6.45, 7) is 13.7. The smallest absolute Gasteiger partial charge is 0.500 e. The SMILES string of the molecule is CCO[Si](CCCNC(=O)CCc1cc(-n2nc3ccc(S(=O)(=O)c4ccccc4)cc3n2)c(O)c(C(C)(C)C)c1)(OCC)OCC. The number of aryl methyl sites for hydroxylation is 1. The van der Waals surface area contributed by atoms with Crippen LogP contribution in [0.1, 0.15) is 65.5 Å². The maximum Gasteiger partial charge on any atom is 0.500 e. The van der Waals surface area contributed by atoms with Crippen molar-refractivity contribution in [2.45, 2.75) is 82.1 Å². The number of aromatic hydroxyl groups is 1. The Bertz CT molecular complexity index is 1760. The third-order valence-corrected chi connectivity index (χ3v) is 12.5. The molecule has 0 radical (unpaired) electrons. The first kappa shape index (κ1) is 36.2. The third-order valence-electron chi connectivity index (χ3n) is 7.60. The Morgan fingerprint density at radius 2 is 1.53 bits per heavy atom. The number of amides is 1. The molecule has 3 aromatic carbocycles. The molecule has 11 nitrogen and oxygen atoms in total. The van der Waals surface area contributed by atoms with Crippen molar-refractivity contribution < 1.29 is 31.6 Å². The van der Waals surface area contributed by atoms with Crippen molar-refractivity contribution in [3.8, 4) is 11.4 Å². The molecule has 1 heterocycles. The fourth-order valence-electron chi connectivity index (χ4n) is 5.33. The van der Waals surface area contributed by atoms with Crippen LogP contribution in [-0.2, 0) is 39.7 Å². The van der Waals surface area contributed by atoms with Gasteiger partial charge in [-0.05, 0) is 81.0 Å². The molecule has 0 fully saturated rings. The average molecular weight is 683 g/mol. The summed E-state index contributed by atoms with van der Waals surface area (Å²) in [6.07, 6.45) is 1.34. The minimum atomic E-state index is -3.75. The number of nitrogens with zero attached hydrogens (tertiary/aromatic N) is 3. The van der Waals surface area contributed by atoms with E-state index in [9.17, 15) is 18.3 Å². The molecular weight excluding hydrogens is 637 g/mol. The minimum Gasteiger partial charge on any atom is -0.505 e. The first-order chi connectivity index (χ1) is 22.3. The Labute approximate surface area is 278 Å². The maximum atomic E-state index is 13.2. The number of nitrogens with one attached hydrogen (secondary N) is 1. The lowest BCUT2D eigenvalue weighted by atomic mass is 9.84. The van der Waals surface area contributed by atoms with E-state index in [2.05, 4.69) is 15.5 Å². The molecule has 1 amide bonds. The van der Waals surface area contributed by atoms with E-state index in [1.165, 1.54) is 16.9 Å². The Hall–Kier alpha value is -3.62. The highest BCUT2D eigenvalue weighted by Crippen LogP contribution is 2.37. The van der Waals surface area contributed by atoms with Crippen LogP contribution in [0, 0.1) is 0 Å². The number of rotatable bonds is 16. The summed E-state index contributed by atoms with van der Waals surface area (Å²) < 4.78 is 44.1. The zero-order valence-corrected chi connectivity index (χ0v) is 29.9. The fraction of sp³-hybridized carbons (Fsp3) is 0.441. The second-order valence-electron chi connectivity index (χ2n) is 12.2. The second-order valence-corrected chi connectivity index (χ2v) is 16.8. The predicted molar refractivity (Wildman–Crippen MR) is 183 cm³/mol. The summed E-state index contributed by atoms with van der Waals surface area (Å²) in [5.74, 6) is -0.0720. The molecule has 47 heavy (non-hydrogen) atoms. The van der Waals surface area contributed by atoms with Crippen molar-refractivity contribution in [3.05, 3.63) is 71.8 Å². The number of carbonyl (C=O) groups is 1. The van der Waals surface area contributed by atoms with Crippen molar-refractivity contribution in [1.29, 1.82) is 0 Å². The van der Waals surface area contributed by atoms with E-state index < -0.39 is 24.1 Å². The molecule has 4 aromatic rings. The molecule has 0 bridgehead atoms. The zero-order valence-electron chi connectivity index (χ0n) is 28.1. The lowest BCUT2D eigenvalue weighted by molar-refractivity contribution is -0.121. The summed E-state index contributed by atoms with van der Waals surface area (Å²) >= 11 is 0. The Morgan fingerprint density at radius 1 is 0.894 bits per heavy atom. The number of carbonyl (C=O) groups excluding carboxylic acids is 1. The number of phenols is 1. The van der Waals surface area contributed by atoms with Crippen LogP contribution in [0.4, 0.5) is 0 Å². The average Bonchev–Trinajstić information content (AvgIpc) is 3.46. The first-order valence-electron chi connectivity index (χ1n) is 16.1. The highest BCUT2D eigenvalue weighted by molar-refractivity contribution is 7.91. The van der Waals surface area contributed by atoms with Gasteiger partial charge in [-0.15, -0.1) is 15.0 Å². The highest BCUT2D eigenvalue weighted by Gasteiger charge is 2.39. The molecule has 0 unspecified atom stereocenters. The summed E-state index contributed by atoms with van der Waals surface area (Å²) in [4.78, 5) is 14.4. The summed E-state index contributed by atoms with van der Waals surface area (Å²) in [6, 6.07) is 17.1. The van der Waals surface area contributed by atoms with Gasteiger partial charge in [-0.3, -0.25) is 4.79 Å². The molecule has 1 aromatic heterocycles. The van der Waals surface area contributed by atoms with Gasteiger partial charge in [-0.25, -0.2) is 8.42 Å². The van der Waals surface area contributed by atoms with Crippen LogP contribution in [0.15, 0.2) is 70.5 Å². The molecule has 0 aliphatic carbocycles. The zero-order chi connectivity index (χ0) is 34.2. The first-order valence-corrected chi connectivity index (χ1v) is 19.5. The van der Waals surface area contributed by atoms with Crippen LogP contribution in [0.2, 0.25) is 6.04 Å².